The molecule has 0 aliphatic heterocycles. The number of halogens is 3. The summed E-state index contributed by atoms with van der Waals surface area (Å²) in [6, 6.07) is 12.5. The van der Waals surface area contributed by atoms with Crippen molar-refractivity contribution in [3.8, 4) is 11.6 Å². The lowest BCUT2D eigenvalue weighted by Gasteiger charge is -2.09. The highest BCUT2D eigenvalue weighted by Gasteiger charge is 2.30. The highest BCUT2D eigenvalue weighted by atomic mass is 19.4. The van der Waals surface area contributed by atoms with Crippen LogP contribution in [0.4, 0.5) is 18.9 Å². The molecule has 2 aromatic heterocycles. The number of alkyl halides is 3. The van der Waals surface area contributed by atoms with E-state index in [9.17, 15) is 22.8 Å². The van der Waals surface area contributed by atoms with Crippen molar-refractivity contribution in [2.24, 2.45) is 0 Å². The number of aromatic nitrogens is 3. The van der Waals surface area contributed by atoms with E-state index in [-0.39, 0.29) is 24.8 Å². The summed E-state index contributed by atoms with van der Waals surface area (Å²) >= 11 is 0. The van der Waals surface area contributed by atoms with Gasteiger partial charge in [-0.3, -0.25) is 9.59 Å². The van der Waals surface area contributed by atoms with Crippen LogP contribution in [0.5, 0.6) is 11.6 Å². The number of benzene rings is 2. The molecule has 1 amide bonds. The molecule has 2 aromatic carbocycles. The summed E-state index contributed by atoms with van der Waals surface area (Å²) in [6.45, 7) is -0.249. The van der Waals surface area contributed by atoms with Crippen molar-refractivity contribution in [3.05, 3.63) is 78.2 Å². The average Bonchev–Trinajstić information content (AvgIpc) is 3.18. The fraction of sp³-hybridized carbons (Fsp3) is 0.130. The third kappa shape index (κ3) is 5.31. The number of anilines is 1. The van der Waals surface area contributed by atoms with Gasteiger partial charge in [-0.15, -0.1) is 0 Å². The Labute approximate surface area is 190 Å². The van der Waals surface area contributed by atoms with Crippen LogP contribution in [0.15, 0.2) is 67.1 Å². The summed E-state index contributed by atoms with van der Waals surface area (Å²) in [5.41, 5.74) is 0.573. The van der Waals surface area contributed by atoms with Crippen LogP contribution in [0.3, 0.4) is 0 Å². The van der Waals surface area contributed by atoms with Gasteiger partial charge in [0.2, 0.25) is 11.8 Å². The van der Waals surface area contributed by atoms with Crippen LogP contribution < -0.4 is 10.1 Å². The molecular formula is C23H17F3N4O4. The van der Waals surface area contributed by atoms with E-state index >= 15 is 0 Å². The number of hydrogen-bond acceptors (Lipinski definition) is 5. The van der Waals surface area contributed by atoms with Crippen molar-refractivity contribution in [3.63, 3.8) is 0 Å². The summed E-state index contributed by atoms with van der Waals surface area (Å²) in [4.78, 5) is 31.4. The van der Waals surface area contributed by atoms with E-state index in [2.05, 4.69) is 15.3 Å². The van der Waals surface area contributed by atoms with Crippen molar-refractivity contribution in [2.75, 3.05) is 5.32 Å². The number of fused-ring (bicyclic) bond motifs is 1. The first kappa shape index (κ1) is 22.8. The highest BCUT2D eigenvalue weighted by Crippen LogP contribution is 2.30. The Bertz CT molecular complexity index is 1330. The first-order valence-electron chi connectivity index (χ1n) is 9.94. The summed E-state index contributed by atoms with van der Waals surface area (Å²) in [6.07, 6.45) is -1.66. The van der Waals surface area contributed by atoms with Gasteiger partial charge in [-0.05, 0) is 48.0 Å². The Kier molecular flexibility index (Phi) is 6.17. The molecule has 0 aliphatic carbocycles. The second kappa shape index (κ2) is 9.22. The minimum Gasteiger partial charge on any atom is -0.480 e. The topological polar surface area (TPSA) is 106 Å². The molecule has 0 spiro atoms. The monoisotopic (exact) mass is 470 g/mol. The fourth-order valence-electron chi connectivity index (χ4n) is 3.26. The Morgan fingerprint density at radius 2 is 1.71 bits per heavy atom. The molecule has 0 atom stereocenters. The van der Waals surface area contributed by atoms with E-state index in [1.165, 1.54) is 23.0 Å². The maximum absolute atomic E-state index is 12.6. The summed E-state index contributed by atoms with van der Waals surface area (Å²) in [7, 11) is 0. The smallest absolute Gasteiger partial charge is 0.416 e. The molecular weight excluding hydrogens is 453 g/mol. The van der Waals surface area contributed by atoms with Crippen molar-refractivity contribution >= 4 is 28.6 Å². The summed E-state index contributed by atoms with van der Waals surface area (Å²) < 4.78 is 45.2. The number of ether oxygens (including phenoxy) is 1. The maximum atomic E-state index is 12.6. The second-order valence-electron chi connectivity index (χ2n) is 7.30. The molecule has 0 saturated carbocycles. The van der Waals surface area contributed by atoms with Gasteiger partial charge in [0.25, 0.3) is 0 Å². The number of hydrogen-bond donors (Lipinski definition) is 2. The first-order valence-corrected chi connectivity index (χ1v) is 9.94. The Hall–Kier alpha value is -4.41. The van der Waals surface area contributed by atoms with Crippen LogP contribution in [0, 0.1) is 0 Å². The number of carboxylic acid groups (broad SMARTS) is 1. The summed E-state index contributed by atoms with van der Waals surface area (Å²) in [5.74, 6) is -0.722. The molecule has 11 heteroatoms. The molecule has 0 saturated heterocycles. The molecule has 8 nitrogen and oxygen atoms in total. The Morgan fingerprint density at radius 3 is 2.35 bits per heavy atom. The van der Waals surface area contributed by atoms with Crippen molar-refractivity contribution < 1.29 is 32.6 Å². The van der Waals surface area contributed by atoms with E-state index < -0.39 is 17.7 Å². The predicted octanol–water partition coefficient (Wildman–Crippen LogP) is 4.51. The molecule has 0 fully saturated rings. The number of aliphatic carboxylic acids is 1. The van der Waals surface area contributed by atoms with Gasteiger partial charge in [-0.2, -0.15) is 13.2 Å². The number of carboxylic acids is 1. The van der Waals surface area contributed by atoms with Gasteiger partial charge in [-0.1, -0.05) is 12.1 Å². The molecule has 4 aromatic rings. The molecule has 0 bridgehead atoms. The van der Waals surface area contributed by atoms with Gasteiger partial charge in [0.15, 0.2) is 0 Å². The van der Waals surface area contributed by atoms with Crippen LogP contribution in [0.25, 0.3) is 11.0 Å². The van der Waals surface area contributed by atoms with E-state index in [4.69, 9.17) is 9.84 Å². The average molecular weight is 470 g/mol. The molecule has 0 aliphatic rings. The van der Waals surface area contributed by atoms with Crippen molar-refractivity contribution in [1.29, 1.82) is 0 Å². The van der Waals surface area contributed by atoms with Gasteiger partial charge in [0, 0.05) is 11.9 Å². The van der Waals surface area contributed by atoms with Crippen molar-refractivity contribution in [1.82, 2.24) is 14.5 Å². The fourth-order valence-corrected chi connectivity index (χ4v) is 3.26. The quantitative estimate of drug-likeness (QED) is 0.412. The lowest BCUT2D eigenvalue weighted by atomic mass is 10.1. The molecule has 4 rings (SSSR count). The molecule has 174 valence electrons. The second-order valence-corrected chi connectivity index (χ2v) is 7.30. The largest absolute Gasteiger partial charge is 0.480 e. The normalized spacial score (nSPS) is 11.4. The standard InChI is InChI=1S/C23H17F3N4O4/c24-23(25,26)15-3-1-14(2-4-15)11-19(31)29-16-5-7-17(8-6-16)34-22-18-9-10-30(12-20(32)33)21(18)27-13-28-22/h1-10,13H,11-12H2,(H,29,31)(H,32,33). The van der Waals surface area contributed by atoms with E-state index in [0.717, 1.165) is 12.1 Å². The Morgan fingerprint density at radius 1 is 1.00 bits per heavy atom. The van der Waals surface area contributed by atoms with Gasteiger partial charge >= 0.3 is 12.1 Å². The van der Waals surface area contributed by atoms with Crippen molar-refractivity contribution in [2.45, 2.75) is 19.1 Å². The molecule has 34 heavy (non-hydrogen) atoms. The molecule has 0 radical (unpaired) electrons. The Balaban J connectivity index is 1.39. The third-order valence-electron chi connectivity index (χ3n) is 4.82. The van der Waals surface area contributed by atoms with Crippen LogP contribution >= 0.6 is 0 Å². The third-order valence-corrected chi connectivity index (χ3v) is 4.82. The van der Waals surface area contributed by atoms with Gasteiger partial charge in [0.1, 0.15) is 24.3 Å². The van der Waals surface area contributed by atoms with Crippen LogP contribution in [-0.4, -0.2) is 31.5 Å². The zero-order valence-electron chi connectivity index (χ0n) is 17.4. The van der Waals surface area contributed by atoms with Crippen LogP contribution in [0.2, 0.25) is 0 Å². The minimum absolute atomic E-state index is 0.0807. The predicted molar refractivity (Wildman–Crippen MR) is 115 cm³/mol. The van der Waals surface area contributed by atoms with Gasteiger partial charge < -0.3 is 19.7 Å². The van der Waals surface area contributed by atoms with Crippen LogP contribution in [0.1, 0.15) is 11.1 Å². The summed E-state index contributed by atoms with van der Waals surface area (Å²) in [5, 5.41) is 12.2. The molecule has 0 unspecified atom stereocenters. The number of nitrogens with one attached hydrogen (secondary N) is 1. The lowest BCUT2D eigenvalue weighted by molar-refractivity contribution is -0.138. The number of rotatable bonds is 7. The highest BCUT2D eigenvalue weighted by molar-refractivity contribution is 5.92. The number of amides is 1. The van der Waals surface area contributed by atoms with Gasteiger partial charge in [-0.25, -0.2) is 9.97 Å². The number of carbonyl (C=O) groups is 2. The van der Waals surface area contributed by atoms with E-state index in [0.29, 0.717) is 28.0 Å². The van der Waals surface area contributed by atoms with Gasteiger partial charge in [0.05, 0.1) is 17.4 Å². The SMILES string of the molecule is O=C(O)Cn1ccc2c(Oc3ccc(NC(=O)Cc4ccc(C(F)(F)F)cc4)cc3)ncnc21. The van der Waals surface area contributed by atoms with Crippen LogP contribution in [-0.2, 0) is 28.7 Å². The minimum atomic E-state index is -4.43. The lowest BCUT2D eigenvalue weighted by Crippen LogP contribution is -2.14. The number of carbonyl (C=O) groups excluding carboxylic acids is 1. The zero-order valence-corrected chi connectivity index (χ0v) is 17.4. The zero-order chi connectivity index (χ0) is 24.3. The van der Waals surface area contributed by atoms with E-state index in [1.807, 2.05) is 0 Å². The molecule has 2 heterocycles. The maximum Gasteiger partial charge on any atom is 0.416 e. The van der Waals surface area contributed by atoms with E-state index in [1.54, 1.807) is 36.5 Å². The first-order chi connectivity index (χ1) is 16.2. The number of nitrogens with zero attached hydrogens (tertiary/aromatic N) is 3. The molecule has 2 N–H and O–H groups in total.